The summed E-state index contributed by atoms with van der Waals surface area (Å²) in [6.45, 7) is 0. The van der Waals surface area contributed by atoms with E-state index in [2.05, 4.69) is 50.8 Å². The van der Waals surface area contributed by atoms with Crippen LogP contribution < -0.4 is 0 Å². The van der Waals surface area contributed by atoms with E-state index in [-0.39, 0.29) is 0 Å². The molecule has 0 saturated heterocycles. The standard InChI is InChI=1S/C17H12N4/c1-21-13-6-8-18-9-12(13)15-14(21)5-4-10-11-3-2-7-19-17(11)20-16(10)15/h2-9H,1H3,(H,19,20). The Morgan fingerprint density at radius 2 is 1.90 bits per heavy atom. The second kappa shape index (κ2) is 3.61. The van der Waals surface area contributed by atoms with E-state index in [1.54, 1.807) is 0 Å². The molecule has 1 aromatic carbocycles. The molecule has 0 aliphatic heterocycles. The Bertz CT molecular complexity index is 1150. The van der Waals surface area contributed by atoms with Gasteiger partial charge in [0.25, 0.3) is 0 Å². The van der Waals surface area contributed by atoms with Crippen molar-refractivity contribution in [3.05, 3.63) is 48.9 Å². The summed E-state index contributed by atoms with van der Waals surface area (Å²) in [6.07, 6.45) is 5.60. The molecule has 4 nitrogen and oxygen atoms in total. The molecular weight excluding hydrogens is 260 g/mol. The van der Waals surface area contributed by atoms with Gasteiger partial charge in [0, 0.05) is 47.2 Å². The molecule has 0 atom stereocenters. The molecule has 0 spiro atoms. The first-order valence-electron chi connectivity index (χ1n) is 6.92. The van der Waals surface area contributed by atoms with E-state index in [9.17, 15) is 0 Å². The highest BCUT2D eigenvalue weighted by Crippen LogP contribution is 2.35. The third-order valence-electron chi connectivity index (χ3n) is 4.31. The van der Waals surface area contributed by atoms with Gasteiger partial charge in [-0.15, -0.1) is 0 Å². The maximum atomic E-state index is 4.43. The van der Waals surface area contributed by atoms with E-state index in [1.165, 1.54) is 27.2 Å². The van der Waals surface area contributed by atoms with Crippen LogP contribution in [-0.2, 0) is 7.05 Å². The average Bonchev–Trinajstić information content (AvgIpc) is 3.04. The Morgan fingerprint density at radius 3 is 2.86 bits per heavy atom. The fraction of sp³-hybridized carbons (Fsp3) is 0.0588. The molecule has 0 fully saturated rings. The Labute approximate surface area is 120 Å². The van der Waals surface area contributed by atoms with E-state index >= 15 is 0 Å². The third-order valence-corrected chi connectivity index (χ3v) is 4.31. The van der Waals surface area contributed by atoms with Gasteiger partial charge in [0.1, 0.15) is 5.65 Å². The van der Waals surface area contributed by atoms with Crippen LogP contribution in [0.25, 0.3) is 43.7 Å². The number of nitrogens with one attached hydrogen (secondary N) is 1. The average molecular weight is 272 g/mol. The molecule has 0 aliphatic carbocycles. The minimum Gasteiger partial charge on any atom is -0.343 e. The molecule has 4 heterocycles. The number of H-pyrrole nitrogens is 1. The highest BCUT2D eigenvalue weighted by molar-refractivity contribution is 6.24. The van der Waals surface area contributed by atoms with E-state index in [0.717, 1.165) is 16.6 Å². The fourth-order valence-corrected chi connectivity index (χ4v) is 3.34. The van der Waals surface area contributed by atoms with E-state index in [4.69, 9.17) is 0 Å². The molecule has 4 heteroatoms. The highest BCUT2D eigenvalue weighted by Gasteiger charge is 2.14. The second-order valence-corrected chi connectivity index (χ2v) is 5.36. The first-order valence-corrected chi connectivity index (χ1v) is 6.92. The van der Waals surface area contributed by atoms with Crippen LogP contribution in [0.5, 0.6) is 0 Å². The summed E-state index contributed by atoms with van der Waals surface area (Å²) in [5.41, 5.74) is 4.47. The summed E-state index contributed by atoms with van der Waals surface area (Å²) < 4.78 is 2.21. The van der Waals surface area contributed by atoms with Crippen LogP contribution in [0.2, 0.25) is 0 Å². The summed E-state index contributed by atoms with van der Waals surface area (Å²) in [6, 6.07) is 10.5. The zero-order valence-corrected chi connectivity index (χ0v) is 11.5. The first kappa shape index (κ1) is 10.9. The molecule has 0 radical (unpaired) electrons. The maximum Gasteiger partial charge on any atom is 0.138 e. The zero-order chi connectivity index (χ0) is 14.0. The Kier molecular flexibility index (Phi) is 1.86. The molecule has 5 rings (SSSR count). The van der Waals surface area contributed by atoms with Crippen LogP contribution in [0.15, 0.2) is 48.9 Å². The van der Waals surface area contributed by atoms with Crippen LogP contribution >= 0.6 is 0 Å². The normalized spacial score (nSPS) is 12.0. The first-order chi connectivity index (χ1) is 10.3. The molecule has 0 bridgehead atoms. The van der Waals surface area contributed by atoms with Crippen molar-refractivity contribution in [2.75, 3.05) is 0 Å². The number of aryl methyl sites for hydroxylation is 1. The van der Waals surface area contributed by atoms with Crippen molar-refractivity contribution in [2.45, 2.75) is 0 Å². The molecule has 5 aromatic rings. The summed E-state index contributed by atoms with van der Waals surface area (Å²) in [5, 5.41) is 4.76. The summed E-state index contributed by atoms with van der Waals surface area (Å²) in [7, 11) is 2.09. The number of hydrogen-bond acceptors (Lipinski definition) is 2. The number of aromatic nitrogens is 4. The smallest absolute Gasteiger partial charge is 0.138 e. The molecule has 0 saturated carbocycles. The lowest BCUT2D eigenvalue weighted by Gasteiger charge is -1.97. The molecule has 4 aromatic heterocycles. The van der Waals surface area contributed by atoms with Gasteiger partial charge in [-0.3, -0.25) is 4.98 Å². The Hall–Kier alpha value is -2.88. The summed E-state index contributed by atoms with van der Waals surface area (Å²) in [5.74, 6) is 0. The van der Waals surface area contributed by atoms with Crippen molar-refractivity contribution in [3.63, 3.8) is 0 Å². The number of rotatable bonds is 0. The van der Waals surface area contributed by atoms with Gasteiger partial charge in [-0.2, -0.15) is 0 Å². The van der Waals surface area contributed by atoms with Crippen LogP contribution in [0.4, 0.5) is 0 Å². The monoisotopic (exact) mass is 272 g/mol. The van der Waals surface area contributed by atoms with Crippen molar-refractivity contribution in [3.8, 4) is 0 Å². The third kappa shape index (κ3) is 1.24. The minimum atomic E-state index is 0.931. The fourth-order valence-electron chi connectivity index (χ4n) is 3.34. The van der Waals surface area contributed by atoms with Gasteiger partial charge in [-0.25, -0.2) is 4.98 Å². The molecule has 0 unspecified atom stereocenters. The van der Waals surface area contributed by atoms with Crippen molar-refractivity contribution >= 4 is 43.7 Å². The predicted octanol–water partition coefficient (Wildman–Crippen LogP) is 3.76. The minimum absolute atomic E-state index is 0.931. The summed E-state index contributed by atoms with van der Waals surface area (Å²) in [4.78, 5) is 12.2. The molecule has 0 amide bonds. The number of hydrogen-bond donors (Lipinski definition) is 1. The summed E-state index contributed by atoms with van der Waals surface area (Å²) >= 11 is 0. The zero-order valence-electron chi connectivity index (χ0n) is 11.5. The van der Waals surface area contributed by atoms with Crippen molar-refractivity contribution in [1.82, 2.24) is 19.5 Å². The predicted molar refractivity (Wildman–Crippen MR) is 85.4 cm³/mol. The van der Waals surface area contributed by atoms with Crippen LogP contribution in [0.1, 0.15) is 0 Å². The SMILES string of the molecule is Cn1c2ccncc2c2c3[nH]c4ncccc4c3ccc21. The van der Waals surface area contributed by atoms with Gasteiger partial charge in [0.05, 0.1) is 16.6 Å². The maximum absolute atomic E-state index is 4.43. The van der Waals surface area contributed by atoms with Crippen LogP contribution in [-0.4, -0.2) is 19.5 Å². The largest absolute Gasteiger partial charge is 0.343 e. The number of pyridine rings is 2. The molecule has 0 aliphatic rings. The highest BCUT2D eigenvalue weighted by atomic mass is 14.9. The van der Waals surface area contributed by atoms with Crippen molar-refractivity contribution < 1.29 is 0 Å². The number of fused-ring (bicyclic) bond motifs is 7. The lowest BCUT2D eigenvalue weighted by atomic mass is 10.1. The topological polar surface area (TPSA) is 46.5 Å². The lowest BCUT2D eigenvalue weighted by Crippen LogP contribution is -1.85. The number of benzene rings is 1. The molecule has 100 valence electrons. The molecule has 21 heavy (non-hydrogen) atoms. The number of nitrogens with zero attached hydrogens (tertiary/aromatic N) is 3. The van der Waals surface area contributed by atoms with Gasteiger partial charge in [0.15, 0.2) is 0 Å². The quantitative estimate of drug-likeness (QED) is 0.466. The van der Waals surface area contributed by atoms with E-state index in [0.29, 0.717) is 0 Å². The van der Waals surface area contributed by atoms with E-state index in [1.807, 2.05) is 24.7 Å². The van der Waals surface area contributed by atoms with Gasteiger partial charge >= 0.3 is 0 Å². The van der Waals surface area contributed by atoms with Gasteiger partial charge in [0.2, 0.25) is 0 Å². The van der Waals surface area contributed by atoms with Gasteiger partial charge < -0.3 is 9.55 Å². The molecule has 1 N–H and O–H groups in total. The van der Waals surface area contributed by atoms with Crippen LogP contribution in [0.3, 0.4) is 0 Å². The molecular formula is C17H12N4. The van der Waals surface area contributed by atoms with Gasteiger partial charge in [-0.1, -0.05) is 6.07 Å². The number of aromatic amines is 1. The van der Waals surface area contributed by atoms with Gasteiger partial charge in [-0.05, 0) is 24.3 Å². The van der Waals surface area contributed by atoms with E-state index < -0.39 is 0 Å². The van der Waals surface area contributed by atoms with Crippen molar-refractivity contribution in [1.29, 1.82) is 0 Å². The Morgan fingerprint density at radius 1 is 0.952 bits per heavy atom. The second-order valence-electron chi connectivity index (χ2n) is 5.36. The lowest BCUT2D eigenvalue weighted by molar-refractivity contribution is 1.01. The van der Waals surface area contributed by atoms with Crippen molar-refractivity contribution in [2.24, 2.45) is 7.05 Å². The van der Waals surface area contributed by atoms with Crippen LogP contribution in [0, 0.1) is 0 Å². The Balaban J connectivity index is 2.16.